The molecule has 0 bridgehead atoms. The van der Waals surface area contributed by atoms with Gasteiger partial charge in [0.05, 0.1) is 0 Å². The molecule has 1 aromatic carbocycles. The number of halogens is 3. The Labute approximate surface area is 112 Å². The third-order valence-corrected chi connectivity index (χ3v) is 3.17. The number of benzene rings is 1. The van der Waals surface area contributed by atoms with Crippen LogP contribution in [0.4, 0.5) is 10.1 Å². The van der Waals surface area contributed by atoms with Gasteiger partial charge in [-0.1, -0.05) is 33.6 Å². The van der Waals surface area contributed by atoms with Gasteiger partial charge in [-0.25, -0.2) is 9.37 Å². The Kier molecular flexibility index (Phi) is 3.97. The van der Waals surface area contributed by atoms with Gasteiger partial charge >= 0.3 is 0 Å². The van der Waals surface area contributed by atoms with E-state index in [9.17, 15) is 4.39 Å². The molecule has 0 saturated heterocycles. The molecule has 1 aromatic heterocycles. The van der Waals surface area contributed by atoms with Gasteiger partial charge in [-0.3, -0.25) is 0 Å². The Morgan fingerprint density at radius 3 is 2.82 bits per heavy atom. The Morgan fingerprint density at radius 1 is 1.29 bits per heavy atom. The fourth-order valence-electron chi connectivity index (χ4n) is 1.37. The van der Waals surface area contributed by atoms with E-state index in [0.29, 0.717) is 11.7 Å². The zero-order valence-corrected chi connectivity index (χ0v) is 11.1. The first-order valence-corrected chi connectivity index (χ1v) is 6.11. The second-order valence-corrected chi connectivity index (χ2v) is 4.70. The first kappa shape index (κ1) is 12.3. The molecule has 0 unspecified atom stereocenters. The van der Waals surface area contributed by atoms with Crippen molar-refractivity contribution in [2.45, 2.75) is 6.54 Å². The van der Waals surface area contributed by atoms with Crippen LogP contribution in [-0.2, 0) is 6.54 Å². The van der Waals surface area contributed by atoms with Gasteiger partial charge < -0.3 is 5.32 Å². The number of hydrogen-bond donors (Lipinski definition) is 1. The van der Waals surface area contributed by atoms with Crippen LogP contribution in [-0.4, -0.2) is 4.98 Å². The smallest absolute Gasteiger partial charge is 0.131 e. The maximum atomic E-state index is 12.9. The van der Waals surface area contributed by atoms with E-state index in [1.54, 1.807) is 18.3 Å². The molecular formula is C12H9BrClFN2. The molecule has 1 heterocycles. The van der Waals surface area contributed by atoms with E-state index in [-0.39, 0.29) is 5.82 Å². The van der Waals surface area contributed by atoms with Crippen LogP contribution in [0.5, 0.6) is 0 Å². The topological polar surface area (TPSA) is 24.9 Å². The monoisotopic (exact) mass is 314 g/mol. The van der Waals surface area contributed by atoms with Crippen LogP contribution in [0.3, 0.4) is 0 Å². The molecule has 0 radical (unpaired) electrons. The molecule has 5 heteroatoms. The maximum absolute atomic E-state index is 12.9. The summed E-state index contributed by atoms with van der Waals surface area (Å²) in [5.41, 5.74) is 1.85. The second-order valence-electron chi connectivity index (χ2n) is 3.46. The number of pyridine rings is 1. The van der Waals surface area contributed by atoms with E-state index in [2.05, 4.69) is 26.2 Å². The van der Waals surface area contributed by atoms with Gasteiger partial charge in [0.1, 0.15) is 11.0 Å². The summed E-state index contributed by atoms with van der Waals surface area (Å²) in [4.78, 5) is 3.89. The van der Waals surface area contributed by atoms with Crippen molar-refractivity contribution in [3.05, 3.63) is 57.5 Å². The molecule has 1 N–H and O–H groups in total. The lowest BCUT2D eigenvalue weighted by Gasteiger charge is -2.08. The molecule has 17 heavy (non-hydrogen) atoms. The lowest BCUT2D eigenvalue weighted by molar-refractivity contribution is 0.626. The van der Waals surface area contributed by atoms with Gasteiger partial charge in [0, 0.05) is 22.9 Å². The van der Waals surface area contributed by atoms with Crippen LogP contribution in [0, 0.1) is 5.82 Å². The first-order chi connectivity index (χ1) is 8.15. The molecule has 0 spiro atoms. The van der Waals surface area contributed by atoms with Crippen molar-refractivity contribution in [1.29, 1.82) is 0 Å². The highest BCUT2D eigenvalue weighted by atomic mass is 79.9. The molecule has 0 fully saturated rings. The van der Waals surface area contributed by atoms with Crippen molar-refractivity contribution in [2.24, 2.45) is 0 Å². The van der Waals surface area contributed by atoms with Crippen molar-refractivity contribution in [3.63, 3.8) is 0 Å². The maximum Gasteiger partial charge on any atom is 0.131 e. The van der Waals surface area contributed by atoms with E-state index in [4.69, 9.17) is 11.6 Å². The van der Waals surface area contributed by atoms with Crippen LogP contribution in [0.15, 0.2) is 41.0 Å². The summed E-state index contributed by atoms with van der Waals surface area (Å²) in [5.74, 6) is -0.257. The Hall–Kier alpha value is -1.13. The molecule has 0 aliphatic heterocycles. The predicted molar refractivity (Wildman–Crippen MR) is 70.7 cm³/mol. The Bertz CT molecular complexity index is 534. The largest absolute Gasteiger partial charge is 0.381 e. The molecule has 0 aliphatic rings. The lowest BCUT2D eigenvalue weighted by atomic mass is 10.2. The third-order valence-electron chi connectivity index (χ3n) is 2.22. The summed E-state index contributed by atoms with van der Waals surface area (Å²) in [6, 6.07) is 8.16. The fourth-order valence-corrected chi connectivity index (χ4v) is 2.04. The lowest BCUT2D eigenvalue weighted by Crippen LogP contribution is -2.00. The van der Waals surface area contributed by atoms with Gasteiger partial charge in [-0.2, -0.15) is 0 Å². The zero-order chi connectivity index (χ0) is 12.3. The summed E-state index contributed by atoms with van der Waals surface area (Å²) >= 11 is 9.09. The van der Waals surface area contributed by atoms with Gasteiger partial charge in [-0.05, 0) is 29.8 Å². The normalized spacial score (nSPS) is 10.3. The number of nitrogens with one attached hydrogen (secondary N) is 1. The van der Waals surface area contributed by atoms with Crippen molar-refractivity contribution in [1.82, 2.24) is 4.98 Å². The molecule has 0 amide bonds. The van der Waals surface area contributed by atoms with Crippen LogP contribution >= 0.6 is 27.5 Å². The van der Waals surface area contributed by atoms with Crippen LogP contribution in [0.1, 0.15) is 5.56 Å². The van der Waals surface area contributed by atoms with E-state index in [1.807, 2.05) is 6.07 Å². The van der Waals surface area contributed by atoms with Gasteiger partial charge in [0.15, 0.2) is 0 Å². The predicted octanol–water partition coefficient (Wildman–Crippen LogP) is 4.25. The average molecular weight is 316 g/mol. The minimum atomic E-state index is -0.257. The number of rotatable bonds is 3. The van der Waals surface area contributed by atoms with Gasteiger partial charge in [0.2, 0.25) is 0 Å². The standard InChI is InChI=1S/C12H9BrClFN2/c13-11-5-9(15)2-1-8(11)7-17-10-3-4-16-12(14)6-10/h1-6H,7H2,(H,16,17). The SMILES string of the molecule is Fc1ccc(CNc2ccnc(Cl)c2)c(Br)c1. The zero-order valence-electron chi connectivity index (χ0n) is 8.75. The Balaban J connectivity index is 2.07. The van der Waals surface area contributed by atoms with Crippen molar-refractivity contribution in [3.8, 4) is 0 Å². The highest BCUT2D eigenvalue weighted by Crippen LogP contribution is 2.20. The number of hydrogen-bond acceptors (Lipinski definition) is 2. The van der Waals surface area contributed by atoms with Crippen LogP contribution in [0.2, 0.25) is 5.15 Å². The molecule has 0 atom stereocenters. The Morgan fingerprint density at radius 2 is 2.12 bits per heavy atom. The minimum absolute atomic E-state index is 0.257. The summed E-state index contributed by atoms with van der Waals surface area (Å²) in [6.45, 7) is 0.585. The molecule has 88 valence electrons. The molecule has 2 aromatic rings. The van der Waals surface area contributed by atoms with Crippen LogP contribution < -0.4 is 5.32 Å². The first-order valence-electron chi connectivity index (χ1n) is 4.94. The summed E-state index contributed by atoms with van der Waals surface area (Å²) in [6.07, 6.45) is 1.63. The highest BCUT2D eigenvalue weighted by Gasteiger charge is 2.01. The number of nitrogens with zero attached hydrogens (tertiary/aromatic N) is 1. The van der Waals surface area contributed by atoms with E-state index in [0.717, 1.165) is 15.7 Å². The molecule has 2 nitrogen and oxygen atoms in total. The number of anilines is 1. The molecule has 0 aliphatic carbocycles. The van der Waals surface area contributed by atoms with Crippen molar-refractivity contribution >= 4 is 33.2 Å². The summed E-state index contributed by atoms with van der Waals surface area (Å²) in [5, 5.41) is 3.62. The molecular weight excluding hydrogens is 307 g/mol. The van der Waals surface area contributed by atoms with E-state index < -0.39 is 0 Å². The average Bonchev–Trinajstić information content (AvgIpc) is 2.28. The van der Waals surface area contributed by atoms with E-state index >= 15 is 0 Å². The van der Waals surface area contributed by atoms with Crippen LogP contribution in [0.25, 0.3) is 0 Å². The van der Waals surface area contributed by atoms with Gasteiger partial charge in [0.25, 0.3) is 0 Å². The van der Waals surface area contributed by atoms with Gasteiger partial charge in [-0.15, -0.1) is 0 Å². The van der Waals surface area contributed by atoms with Crippen molar-refractivity contribution < 1.29 is 4.39 Å². The minimum Gasteiger partial charge on any atom is -0.381 e. The molecule has 2 rings (SSSR count). The third kappa shape index (κ3) is 3.41. The summed E-state index contributed by atoms with van der Waals surface area (Å²) < 4.78 is 13.6. The second kappa shape index (κ2) is 5.47. The van der Waals surface area contributed by atoms with Crippen molar-refractivity contribution in [2.75, 3.05) is 5.32 Å². The quantitative estimate of drug-likeness (QED) is 0.857. The summed E-state index contributed by atoms with van der Waals surface area (Å²) in [7, 11) is 0. The highest BCUT2D eigenvalue weighted by molar-refractivity contribution is 9.10. The fraction of sp³-hybridized carbons (Fsp3) is 0.0833. The van der Waals surface area contributed by atoms with E-state index in [1.165, 1.54) is 12.1 Å². The molecule has 0 saturated carbocycles. The number of aromatic nitrogens is 1.